The molecule has 1 fully saturated rings. The van der Waals surface area contributed by atoms with E-state index in [1.54, 1.807) is 6.07 Å². The summed E-state index contributed by atoms with van der Waals surface area (Å²) in [5.74, 6) is 0.284. The van der Waals surface area contributed by atoms with Gasteiger partial charge in [0.05, 0.1) is 0 Å². The zero-order chi connectivity index (χ0) is 10.7. The van der Waals surface area contributed by atoms with Crippen LogP contribution in [0, 0.1) is 0 Å². The number of phenolic OH excluding ortho intramolecular Hbond substituents is 1. The van der Waals surface area contributed by atoms with Crippen LogP contribution in [0.5, 0.6) is 5.75 Å². The summed E-state index contributed by atoms with van der Waals surface area (Å²) in [4.78, 5) is 2.32. The molecular weight excluding hydrogens is 190 g/mol. The Morgan fingerprint density at radius 1 is 1.20 bits per heavy atom. The minimum absolute atomic E-state index is 0.0804. The zero-order valence-corrected chi connectivity index (χ0v) is 8.82. The molecule has 0 bridgehead atoms. The Hall–Kier alpha value is -1.22. The Kier molecular flexibility index (Phi) is 3.11. The fourth-order valence-corrected chi connectivity index (χ4v) is 2.06. The molecule has 2 rings (SSSR count). The molecule has 3 heteroatoms. The largest absolute Gasteiger partial charge is 0.508 e. The number of anilines is 1. The summed E-state index contributed by atoms with van der Waals surface area (Å²) < 4.78 is 0. The van der Waals surface area contributed by atoms with Crippen molar-refractivity contribution in [2.45, 2.75) is 19.3 Å². The molecule has 0 unspecified atom stereocenters. The number of aliphatic hydroxyl groups excluding tert-OH is 1. The van der Waals surface area contributed by atoms with Gasteiger partial charge in [0, 0.05) is 25.4 Å². The summed E-state index contributed by atoms with van der Waals surface area (Å²) in [7, 11) is 0. The molecule has 0 aromatic heterocycles. The summed E-state index contributed by atoms with van der Waals surface area (Å²) >= 11 is 0. The van der Waals surface area contributed by atoms with Crippen LogP contribution in [0.25, 0.3) is 0 Å². The molecule has 1 aliphatic rings. The summed E-state index contributed by atoms with van der Waals surface area (Å²) in [6, 6.07) is 5.65. The van der Waals surface area contributed by atoms with E-state index in [0.717, 1.165) is 24.3 Å². The topological polar surface area (TPSA) is 43.7 Å². The van der Waals surface area contributed by atoms with Gasteiger partial charge in [-0.25, -0.2) is 0 Å². The van der Waals surface area contributed by atoms with Crippen LogP contribution in [0.15, 0.2) is 18.2 Å². The zero-order valence-electron chi connectivity index (χ0n) is 8.82. The predicted octanol–water partition coefficient (Wildman–Crippen LogP) is 1.53. The molecule has 1 saturated heterocycles. The van der Waals surface area contributed by atoms with Crippen LogP contribution < -0.4 is 4.90 Å². The van der Waals surface area contributed by atoms with Crippen LogP contribution in [0.2, 0.25) is 0 Å². The number of phenols is 1. The Balaban J connectivity index is 2.21. The Morgan fingerprint density at radius 2 is 1.93 bits per heavy atom. The van der Waals surface area contributed by atoms with E-state index in [0.29, 0.717) is 6.42 Å². The van der Waals surface area contributed by atoms with E-state index in [9.17, 15) is 5.11 Å². The fourth-order valence-electron chi connectivity index (χ4n) is 2.06. The van der Waals surface area contributed by atoms with Gasteiger partial charge >= 0.3 is 0 Å². The van der Waals surface area contributed by atoms with Gasteiger partial charge < -0.3 is 15.1 Å². The Labute approximate surface area is 90.0 Å². The van der Waals surface area contributed by atoms with Gasteiger partial charge in [-0.15, -0.1) is 0 Å². The van der Waals surface area contributed by atoms with E-state index < -0.39 is 0 Å². The third-order valence-electron chi connectivity index (χ3n) is 2.92. The molecule has 0 aliphatic carbocycles. The van der Waals surface area contributed by atoms with Gasteiger partial charge in [-0.3, -0.25) is 0 Å². The number of hydrogen-bond donors (Lipinski definition) is 2. The number of aliphatic hydroxyl groups is 1. The minimum Gasteiger partial charge on any atom is -0.508 e. The van der Waals surface area contributed by atoms with Gasteiger partial charge in [-0.1, -0.05) is 0 Å². The average molecular weight is 207 g/mol. The molecular formula is C12H17NO2. The van der Waals surface area contributed by atoms with Crippen molar-refractivity contribution in [2.24, 2.45) is 0 Å². The molecule has 1 aromatic rings. The predicted molar refractivity (Wildman–Crippen MR) is 60.3 cm³/mol. The molecule has 0 amide bonds. The number of aromatic hydroxyl groups is 1. The number of benzene rings is 1. The highest BCUT2D eigenvalue weighted by Gasteiger charge is 2.13. The molecule has 0 atom stereocenters. The maximum absolute atomic E-state index is 9.58. The Morgan fingerprint density at radius 3 is 2.60 bits per heavy atom. The maximum Gasteiger partial charge on any atom is 0.119 e. The molecule has 2 N–H and O–H groups in total. The third kappa shape index (κ3) is 2.23. The van der Waals surface area contributed by atoms with Gasteiger partial charge in [0.15, 0.2) is 0 Å². The highest BCUT2D eigenvalue weighted by atomic mass is 16.3. The first kappa shape index (κ1) is 10.3. The van der Waals surface area contributed by atoms with Crippen molar-refractivity contribution in [1.82, 2.24) is 0 Å². The van der Waals surface area contributed by atoms with Crippen molar-refractivity contribution in [3.63, 3.8) is 0 Å². The summed E-state index contributed by atoms with van der Waals surface area (Å²) in [5, 5.41) is 18.5. The Bertz CT molecular complexity index is 332. The van der Waals surface area contributed by atoms with Crippen molar-refractivity contribution >= 4 is 5.69 Å². The fraction of sp³-hybridized carbons (Fsp3) is 0.500. The quantitative estimate of drug-likeness (QED) is 0.790. The van der Waals surface area contributed by atoms with E-state index in [1.807, 2.05) is 12.1 Å². The summed E-state index contributed by atoms with van der Waals surface area (Å²) in [5.41, 5.74) is 2.00. The van der Waals surface area contributed by atoms with Crippen LogP contribution in [0.4, 0.5) is 5.69 Å². The molecule has 82 valence electrons. The van der Waals surface area contributed by atoms with Crippen molar-refractivity contribution < 1.29 is 10.2 Å². The van der Waals surface area contributed by atoms with Gasteiger partial charge in [0.25, 0.3) is 0 Å². The van der Waals surface area contributed by atoms with Crippen LogP contribution in [-0.4, -0.2) is 29.9 Å². The lowest BCUT2D eigenvalue weighted by Gasteiger charge is -2.18. The first-order valence-electron chi connectivity index (χ1n) is 5.49. The average Bonchev–Trinajstić information content (AvgIpc) is 2.75. The second-order valence-corrected chi connectivity index (χ2v) is 3.98. The molecule has 15 heavy (non-hydrogen) atoms. The smallest absolute Gasteiger partial charge is 0.119 e. The second kappa shape index (κ2) is 4.53. The molecule has 1 heterocycles. The lowest BCUT2D eigenvalue weighted by atomic mass is 10.1. The van der Waals surface area contributed by atoms with Crippen LogP contribution in [0.1, 0.15) is 18.4 Å². The lowest BCUT2D eigenvalue weighted by Crippen LogP contribution is -2.17. The monoisotopic (exact) mass is 207 g/mol. The second-order valence-electron chi connectivity index (χ2n) is 3.98. The van der Waals surface area contributed by atoms with Crippen molar-refractivity contribution in [3.8, 4) is 5.75 Å². The highest BCUT2D eigenvalue weighted by Crippen LogP contribution is 2.26. The van der Waals surface area contributed by atoms with Crippen LogP contribution in [-0.2, 0) is 6.42 Å². The number of hydrogen-bond acceptors (Lipinski definition) is 3. The van der Waals surface area contributed by atoms with E-state index in [-0.39, 0.29) is 12.4 Å². The van der Waals surface area contributed by atoms with E-state index in [2.05, 4.69) is 4.90 Å². The summed E-state index contributed by atoms with van der Waals surface area (Å²) in [6.07, 6.45) is 3.01. The minimum atomic E-state index is 0.0804. The van der Waals surface area contributed by atoms with Crippen molar-refractivity contribution in [2.75, 3.05) is 24.6 Å². The maximum atomic E-state index is 9.58. The van der Waals surface area contributed by atoms with Gasteiger partial charge in [0.2, 0.25) is 0 Å². The van der Waals surface area contributed by atoms with E-state index >= 15 is 0 Å². The molecule has 1 aromatic carbocycles. The SMILES string of the molecule is OCCc1cc(N2CCCC2)ccc1O. The van der Waals surface area contributed by atoms with Gasteiger partial charge in [-0.05, 0) is 43.0 Å². The normalized spacial score (nSPS) is 15.9. The molecule has 0 saturated carbocycles. The first-order valence-corrected chi connectivity index (χ1v) is 5.49. The molecule has 0 radical (unpaired) electrons. The third-order valence-corrected chi connectivity index (χ3v) is 2.92. The van der Waals surface area contributed by atoms with Crippen LogP contribution >= 0.6 is 0 Å². The standard InChI is InChI=1S/C12H17NO2/c14-8-5-10-9-11(3-4-12(10)15)13-6-1-2-7-13/h3-4,9,14-15H,1-2,5-8H2. The van der Waals surface area contributed by atoms with Crippen molar-refractivity contribution in [3.05, 3.63) is 23.8 Å². The number of nitrogens with zero attached hydrogens (tertiary/aromatic N) is 1. The molecule has 0 spiro atoms. The highest BCUT2D eigenvalue weighted by molar-refractivity contribution is 5.53. The van der Waals surface area contributed by atoms with Gasteiger partial charge in [-0.2, -0.15) is 0 Å². The summed E-state index contributed by atoms with van der Waals surface area (Å²) in [6.45, 7) is 2.28. The molecule has 1 aliphatic heterocycles. The van der Waals surface area contributed by atoms with E-state index in [4.69, 9.17) is 5.11 Å². The van der Waals surface area contributed by atoms with Crippen molar-refractivity contribution in [1.29, 1.82) is 0 Å². The first-order chi connectivity index (χ1) is 7.31. The molecule has 3 nitrogen and oxygen atoms in total. The van der Waals surface area contributed by atoms with E-state index in [1.165, 1.54) is 12.8 Å². The number of rotatable bonds is 3. The van der Waals surface area contributed by atoms with Crippen LogP contribution in [0.3, 0.4) is 0 Å². The lowest BCUT2D eigenvalue weighted by molar-refractivity contribution is 0.297. The van der Waals surface area contributed by atoms with Gasteiger partial charge in [0.1, 0.15) is 5.75 Å².